The van der Waals surface area contributed by atoms with Gasteiger partial charge < -0.3 is 14.8 Å². The largest absolute Gasteiger partial charge is 0.490 e. The van der Waals surface area contributed by atoms with Gasteiger partial charge in [-0.15, -0.1) is 5.10 Å². The van der Waals surface area contributed by atoms with E-state index in [-0.39, 0.29) is 5.78 Å². The second-order valence-electron chi connectivity index (χ2n) is 9.51. The number of nitrogens with zero attached hydrogens (tertiary/aromatic N) is 3. The molecule has 0 spiro atoms. The molecule has 1 atom stereocenters. The summed E-state index contributed by atoms with van der Waals surface area (Å²) < 4.78 is 14.7. The van der Waals surface area contributed by atoms with E-state index in [9.17, 15) is 4.79 Å². The normalized spacial score (nSPS) is 14.4. The van der Waals surface area contributed by atoms with Crippen LogP contribution in [0, 0.1) is 0 Å². The summed E-state index contributed by atoms with van der Waals surface area (Å²) in [5.74, 6) is 2.36. The van der Waals surface area contributed by atoms with Gasteiger partial charge in [0, 0.05) is 28.5 Å². The Balaban J connectivity index is 1.47. The lowest BCUT2D eigenvalue weighted by Crippen LogP contribution is -2.28. The summed E-state index contributed by atoms with van der Waals surface area (Å²) in [6.45, 7) is 6.34. The molecule has 1 N–H and O–H groups in total. The monoisotopic (exact) mass is 652 g/mol. The molecule has 0 bridgehead atoms. The predicted octanol–water partition coefficient (Wildman–Crippen LogP) is 7.88. The first-order valence-corrected chi connectivity index (χ1v) is 15.5. The zero-order chi connectivity index (χ0) is 28.9. The summed E-state index contributed by atoms with van der Waals surface area (Å²) in [7, 11) is 0. The van der Waals surface area contributed by atoms with Crippen LogP contribution in [0.1, 0.15) is 43.5 Å². The minimum atomic E-state index is -0.500. The van der Waals surface area contributed by atoms with Crippen molar-refractivity contribution >= 4 is 51.0 Å². The molecule has 0 saturated carbocycles. The molecule has 5 rings (SSSR count). The van der Waals surface area contributed by atoms with Gasteiger partial charge in [0.15, 0.2) is 17.3 Å². The molecule has 212 valence electrons. The van der Waals surface area contributed by atoms with E-state index in [0.29, 0.717) is 52.2 Å². The summed E-state index contributed by atoms with van der Waals surface area (Å²) in [4.78, 5) is 17.7. The number of nitrogens with one attached hydrogen (secondary N) is 1. The van der Waals surface area contributed by atoms with Gasteiger partial charge in [0.25, 0.3) is 0 Å². The van der Waals surface area contributed by atoms with E-state index in [1.165, 1.54) is 17.3 Å². The molecule has 0 radical (unpaired) electrons. The van der Waals surface area contributed by atoms with Crippen molar-refractivity contribution < 1.29 is 14.3 Å². The highest BCUT2D eigenvalue weighted by Gasteiger charge is 2.34. The molecule has 2 heterocycles. The number of rotatable bonds is 11. The molecule has 3 aromatic carbocycles. The maximum Gasteiger partial charge on any atom is 0.227 e. The van der Waals surface area contributed by atoms with Crippen LogP contribution in [0.15, 0.2) is 87.6 Å². The molecule has 0 fully saturated rings. The lowest BCUT2D eigenvalue weighted by atomic mass is 9.93. The molecule has 7 nitrogen and oxygen atoms in total. The number of hydrogen-bond acceptors (Lipinski definition) is 7. The number of carbonyl (C=O) groups excluding carboxylic acids is 1. The van der Waals surface area contributed by atoms with Crippen molar-refractivity contribution in [3.8, 4) is 11.5 Å². The minimum absolute atomic E-state index is 0.0521. The molecule has 10 heteroatoms. The van der Waals surface area contributed by atoms with Crippen molar-refractivity contribution in [2.24, 2.45) is 0 Å². The van der Waals surface area contributed by atoms with Crippen LogP contribution in [0.25, 0.3) is 0 Å². The van der Waals surface area contributed by atoms with E-state index < -0.39 is 6.04 Å². The number of hydrogen-bond donors (Lipinski definition) is 1. The molecule has 1 aliphatic rings. The van der Waals surface area contributed by atoms with Gasteiger partial charge in [0.2, 0.25) is 11.1 Å². The van der Waals surface area contributed by atoms with Crippen LogP contribution in [-0.4, -0.2) is 33.8 Å². The van der Waals surface area contributed by atoms with Crippen LogP contribution in [0.2, 0.25) is 5.02 Å². The van der Waals surface area contributed by atoms with E-state index in [1.807, 2.05) is 68.4 Å². The first-order chi connectivity index (χ1) is 19.9. The van der Waals surface area contributed by atoms with Crippen LogP contribution < -0.4 is 14.8 Å². The standard InChI is InChI=1S/C31H30BrClN4O3S/c1-4-39-26-17-23(16-24(32)29(26)40-15-14-21-10-6-5-7-11-21)28-27(20(3)38)19(2)34-30-35-31(36-37(28)30)41-18-22-12-8-9-13-25(22)33/h5-13,16-17,28H,4,14-15,18H2,1-3H3,(H,34,35,36). The number of carbonyl (C=O) groups is 1. The Bertz CT molecular complexity index is 1590. The van der Waals surface area contributed by atoms with E-state index in [1.54, 1.807) is 11.6 Å². The van der Waals surface area contributed by atoms with E-state index in [2.05, 4.69) is 33.4 Å². The zero-order valence-corrected chi connectivity index (χ0v) is 26.1. The SMILES string of the molecule is CCOc1cc(C2C(C(C)=O)=C(C)Nc3nc(SCc4ccccc4Cl)nn32)cc(Br)c1OCCc1ccccc1. The second kappa shape index (κ2) is 13.1. The van der Waals surface area contributed by atoms with Crippen molar-refractivity contribution in [3.05, 3.63) is 104 Å². The van der Waals surface area contributed by atoms with Crippen molar-refractivity contribution in [3.63, 3.8) is 0 Å². The highest BCUT2D eigenvalue weighted by atomic mass is 79.9. The smallest absolute Gasteiger partial charge is 0.227 e. The number of aromatic nitrogens is 3. The lowest BCUT2D eigenvalue weighted by Gasteiger charge is -2.28. The minimum Gasteiger partial charge on any atom is -0.490 e. The fourth-order valence-corrected chi connectivity index (χ4v) is 6.47. The quantitative estimate of drug-likeness (QED) is 0.165. The van der Waals surface area contributed by atoms with Crippen molar-refractivity contribution in [2.75, 3.05) is 18.5 Å². The van der Waals surface area contributed by atoms with Gasteiger partial charge >= 0.3 is 0 Å². The van der Waals surface area contributed by atoms with Crippen molar-refractivity contribution in [1.29, 1.82) is 0 Å². The van der Waals surface area contributed by atoms with Crippen molar-refractivity contribution in [2.45, 2.75) is 44.1 Å². The highest BCUT2D eigenvalue weighted by molar-refractivity contribution is 9.10. The van der Waals surface area contributed by atoms with Gasteiger partial charge in [0.05, 0.1) is 17.7 Å². The molecule has 1 aromatic heterocycles. The van der Waals surface area contributed by atoms with Gasteiger partial charge in [-0.3, -0.25) is 4.79 Å². The van der Waals surface area contributed by atoms with Crippen molar-refractivity contribution in [1.82, 2.24) is 14.8 Å². The number of thioether (sulfide) groups is 1. The Kier molecular flexibility index (Phi) is 9.37. The third kappa shape index (κ3) is 6.63. The van der Waals surface area contributed by atoms with E-state index >= 15 is 0 Å². The van der Waals surface area contributed by atoms with Gasteiger partial charge in [-0.05, 0) is 71.6 Å². The molecule has 4 aromatic rings. The summed E-state index contributed by atoms with van der Waals surface area (Å²) in [5, 5.41) is 9.38. The first kappa shape index (κ1) is 29.2. The molecule has 1 unspecified atom stereocenters. The van der Waals surface area contributed by atoms with Crippen LogP contribution >= 0.6 is 39.3 Å². The number of fused-ring (bicyclic) bond motifs is 1. The fourth-order valence-electron chi connectivity index (χ4n) is 4.78. The van der Waals surface area contributed by atoms with Gasteiger partial charge in [-0.2, -0.15) is 4.98 Å². The first-order valence-electron chi connectivity index (χ1n) is 13.3. The average Bonchev–Trinajstić information content (AvgIpc) is 3.36. The summed E-state index contributed by atoms with van der Waals surface area (Å²) in [5.41, 5.74) is 4.37. The van der Waals surface area contributed by atoms with E-state index in [4.69, 9.17) is 31.2 Å². The number of allylic oxidation sites excluding steroid dienone is 2. The number of halogens is 2. The maximum absolute atomic E-state index is 12.9. The van der Waals surface area contributed by atoms with Gasteiger partial charge in [-0.1, -0.05) is 71.9 Å². The number of anilines is 1. The number of ether oxygens (including phenoxy) is 2. The average molecular weight is 654 g/mol. The Morgan fingerprint density at radius 1 is 1.12 bits per heavy atom. The lowest BCUT2D eigenvalue weighted by molar-refractivity contribution is -0.114. The Labute approximate surface area is 257 Å². The number of Topliss-reactive ketones (excluding diaryl/α,β-unsaturated/α-hetero) is 1. The zero-order valence-electron chi connectivity index (χ0n) is 23.0. The molecule has 1 aliphatic heterocycles. The molecule has 0 amide bonds. The topological polar surface area (TPSA) is 78.3 Å². The van der Waals surface area contributed by atoms with Gasteiger partial charge in [0.1, 0.15) is 6.04 Å². The predicted molar refractivity (Wildman–Crippen MR) is 167 cm³/mol. The van der Waals surface area contributed by atoms with Crippen LogP contribution in [0.5, 0.6) is 11.5 Å². The molecular formula is C31H30BrClN4O3S. The van der Waals surface area contributed by atoms with Gasteiger partial charge in [-0.25, -0.2) is 4.68 Å². The molecule has 0 aliphatic carbocycles. The second-order valence-corrected chi connectivity index (χ2v) is 11.7. The summed E-state index contributed by atoms with van der Waals surface area (Å²) >= 11 is 11.6. The van der Waals surface area contributed by atoms with Crippen LogP contribution in [0.4, 0.5) is 5.95 Å². The number of benzene rings is 3. The Morgan fingerprint density at radius 3 is 2.61 bits per heavy atom. The fraction of sp³-hybridized carbons (Fsp3) is 0.258. The highest BCUT2D eigenvalue weighted by Crippen LogP contribution is 2.43. The molecular weight excluding hydrogens is 624 g/mol. The van der Waals surface area contributed by atoms with Crippen LogP contribution in [-0.2, 0) is 17.0 Å². The van der Waals surface area contributed by atoms with E-state index in [0.717, 1.165) is 27.7 Å². The molecule has 41 heavy (non-hydrogen) atoms. The summed E-state index contributed by atoms with van der Waals surface area (Å²) in [6.07, 6.45) is 0.766. The number of ketones is 1. The molecule has 0 saturated heterocycles. The maximum atomic E-state index is 12.9. The third-order valence-corrected chi connectivity index (χ3v) is 8.50. The third-order valence-electron chi connectivity index (χ3n) is 6.65. The summed E-state index contributed by atoms with van der Waals surface area (Å²) in [6, 6.07) is 21.3. The van der Waals surface area contributed by atoms with Crippen LogP contribution in [0.3, 0.4) is 0 Å². The Morgan fingerprint density at radius 2 is 1.88 bits per heavy atom. The Hall–Kier alpha value is -3.27.